The summed E-state index contributed by atoms with van der Waals surface area (Å²) in [4.78, 5) is 12.3. The van der Waals surface area contributed by atoms with Crippen LogP contribution in [-0.2, 0) is 4.79 Å². The van der Waals surface area contributed by atoms with Crippen molar-refractivity contribution in [2.24, 2.45) is 11.8 Å². The summed E-state index contributed by atoms with van der Waals surface area (Å²) in [6, 6.07) is 0.426. The third kappa shape index (κ3) is 6.67. The van der Waals surface area contributed by atoms with Crippen LogP contribution in [-0.4, -0.2) is 36.0 Å². The van der Waals surface area contributed by atoms with Crippen LogP contribution in [0.5, 0.6) is 0 Å². The number of nitrogens with one attached hydrogen (secondary N) is 2. The summed E-state index contributed by atoms with van der Waals surface area (Å²) in [7, 11) is 0. The Labute approximate surface area is 146 Å². The lowest BCUT2D eigenvalue weighted by atomic mass is 9.84. The molecule has 3 atom stereocenters. The molecule has 3 unspecified atom stereocenters. The molecule has 3 nitrogen and oxygen atoms in total. The van der Waals surface area contributed by atoms with Crippen molar-refractivity contribution >= 4 is 30.1 Å². The van der Waals surface area contributed by atoms with Crippen LogP contribution in [0, 0.1) is 11.8 Å². The number of amides is 1. The Morgan fingerprint density at radius 3 is 2.68 bits per heavy atom. The van der Waals surface area contributed by atoms with Crippen LogP contribution in [0.3, 0.4) is 0 Å². The van der Waals surface area contributed by atoms with Gasteiger partial charge < -0.3 is 10.6 Å². The summed E-state index contributed by atoms with van der Waals surface area (Å²) < 4.78 is 0. The Morgan fingerprint density at radius 2 is 2.00 bits per heavy atom. The number of thioether (sulfide) groups is 1. The molecule has 1 saturated heterocycles. The highest BCUT2D eigenvalue weighted by molar-refractivity contribution is 7.99. The predicted molar refractivity (Wildman–Crippen MR) is 98.9 cm³/mol. The van der Waals surface area contributed by atoms with E-state index < -0.39 is 0 Å². The fourth-order valence-electron chi connectivity index (χ4n) is 3.82. The third-order valence-corrected chi connectivity index (χ3v) is 6.32. The van der Waals surface area contributed by atoms with E-state index in [1.54, 1.807) is 0 Å². The summed E-state index contributed by atoms with van der Waals surface area (Å²) in [5.41, 5.74) is 0. The lowest BCUT2D eigenvalue weighted by molar-refractivity contribution is -0.123. The Morgan fingerprint density at radius 1 is 1.27 bits per heavy atom. The van der Waals surface area contributed by atoms with Crippen molar-refractivity contribution in [1.29, 1.82) is 0 Å². The first-order valence-electron chi connectivity index (χ1n) is 8.80. The minimum atomic E-state index is 0. The molecule has 2 fully saturated rings. The first kappa shape index (κ1) is 20.1. The van der Waals surface area contributed by atoms with Gasteiger partial charge in [-0.1, -0.05) is 20.3 Å². The molecule has 1 aliphatic heterocycles. The van der Waals surface area contributed by atoms with Gasteiger partial charge in [0.2, 0.25) is 5.91 Å². The van der Waals surface area contributed by atoms with Crippen molar-refractivity contribution in [1.82, 2.24) is 10.6 Å². The van der Waals surface area contributed by atoms with Crippen molar-refractivity contribution in [2.45, 2.75) is 70.1 Å². The van der Waals surface area contributed by atoms with Gasteiger partial charge in [-0.25, -0.2) is 0 Å². The van der Waals surface area contributed by atoms with Gasteiger partial charge in [0.15, 0.2) is 0 Å². The van der Waals surface area contributed by atoms with Crippen LogP contribution < -0.4 is 10.6 Å². The third-order valence-electron chi connectivity index (χ3n) is 5.09. The quantitative estimate of drug-likeness (QED) is 0.770. The molecule has 0 aromatic rings. The zero-order valence-electron chi connectivity index (χ0n) is 14.1. The maximum absolute atomic E-state index is 12.3. The van der Waals surface area contributed by atoms with Gasteiger partial charge >= 0.3 is 0 Å². The van der Waals surface area contributed by atoms with Crippen molar-refractivity contribution in [3.63, 3.8) is 0 Å². The Balaban J connectivity index is 0.00000242. The predicted octanol–water partition coefficient (Wildman–Crippen LogP) is 3.61. The van der Waals surface area contributed by atoms with Crippen molar-refractivity contribution in [2.75, 3.05) is 18.8 Å². The molecule has 1 aliphatic carbocycles. The Kier molecular flexibility index (Phi) is 9.85. The van der Waals surface area contributed by atoms with Gasteiger partial charge in [0, 0.05) is 17.7 Å². The lowest BCUT2D eigenvalue weighted by Crippen LogP contribution is -2.40. The Bertz CT molecular complexity index is 322. The summed E-state index contributed by atoms with van der Waals surface area (Å²) in [5, 5.41) is 7.47. The van der Waals surface area contributed by atoms with E-state index in [2.05, 4.69) is 36.2 Å². The van der Waals surface area contributed by atoms with E-state index in [1.807, 2.05) is 0 Å². The van der Waals surface area contributed by atoms with Gasteiger partial charge in [-0.3, -0.25) is 4.79 Å². The first-order valence-corrected chi connectivity index (χ1v) is 9.85. The van der Waals surface area contributed by atoms with Gasteiger partial charge in [0.1, 0.15) is 0 Å². The molecule has 0 aromatic carbocycles. The molecule has 2 aliphatic rings. The minimum absolute atomic E-state index is 0. The molecule has 22 heavy (non-hydrogen) atoms. The van der Waals surface area contributed by atoms with Crippen molar-refractivity contribution in [3.05, 3.63) is 0 Å². The highest BCUT2D eigenvalue weighted by atomic mass is 35.5. The SMILES string of the molecule is CCSC1CCCC(NC(=O)CC(C)C2CCNCC2)C1.Cl. The molecule has 0 aromatic heterocycles. The molecule has 1 amide bonds. The molecule has 0 bridgehead atoms. The molecule has 2 N–H and O–H groups in total. The second-order valence-corrected chi connectivity index (χ2v) is 8.35. The molecule has 5 heteroatoms. The van der Waals surface area contributed by atoms with Gasteiger partial charge in [0.25, 0.3) is 0 Å². The second kappa shape index (κ2) is 10.8. The molecule has 130 valence electrons. The van der Waals surface area contributed by atoms with Crippen LogP contribution in [0.1, 0.15) is 58.8 Å². The normalized spacial score (nSPS) is 27.7. The molecule has 1 heterocycles. The number of rotatable bonds is 6. The maximum Gasteiger partial charge on any atom is 0.220 e. The van der Waals surface area contributed by atoms with Crippen LogP contribution in [0.4, 0.5) is 0 Å². The van der Waals surface area contributed by atoms with E-state index in [1.165, 1.54) is 44.3 Å². The summed E-state index contributed by atoms with van der Waals surface area (Å²) in [5.74, 6) is 2.73. The molecule has 2 rings (SSSR count). The van der Waals surface area contributed by atoms with Gasteiger partial charge in [0.05, 0.1) is 0 Å². The summed E-state index contributed by atoms with van der Waals surface area (Å²) in [6.07, 6.45) is 8.12. The fourth-order valence-corrected chi connectivity index (χ4v) is 5.00. The van der Waals surface area contributed by atoms with Crippen LogP contribution >= 0.6 is 24.2 Å². The second-order valence-electron chi connectivity index (χ2n) is 6.78. The number of hydrogen-bond acceptors (Lipinski definition) is 3. The number of hydrogen-bond donors (Lipinski definition) is 2. The average molecular weight is 349 g/mol. The van der Waals surface area contributed by atoms with Gasteiger partial charge in [-0.05, 0) is 62.8 Å². The van der Waals surface area contributed by atoms with E-state index in [9.17, 15) is 4.79 Å². The van der Waals surface area contributed by atoms with Crippen molar-refractivity contribution < 1.29 is 4.79 Å². The molecule has 0 spiro atoms. The van der Waals surface area contributed by atoms with E-state index in [-0.39, 0.29) is 18.3 Å². The molecule has 1 saturated carbocycles. The number of halogens is 1. The Hall–Kier alpha value is 0.0700. The largest absolute Gasteiger partial charge is 0.353 e. The topological polar surface area (TPSA) is 41.1 Å². The highest BCUT2D eigenvalue weighted by Gasteiger charge is 2.25. The number of carbonyl (C=O) groups is 1. The summed E-state index contributed by atoms with van der Waals surface area (Å²) in [6.45, 7) is 6.73. The van der Waals surface area contributed by atoms with E-state index in [0.717, 1.165) is 24.3 Å². The number of carbonyl (C=O) groups excluding carboxylic acids is 1. The molecular formula is C17H33ClN2OS. The van der Waals surface area contributed by atoms with Crippen LogP contribution in [0.2, 0.25) is 0 Å². The van der Waals surface area contributed by atoms with Gasteiger partial charge in [-0.2, -0.15) is 11.8 Å². The van der Waals surface area contributed by atoms with Gasteiger partial charge in [-0.15, -0.1) is 12.4 Å². The zero-order valence-corrected chi connectivity index (χ0v) is 15.7. The molecular weight excluding hydrogens is 316 g/mol. The minimum Gasteiger partial charge on any atom is -0.353 e. The van der Waals surface area contributed by atoms with Crippen molar-refractivity contribution in [3.8, 4) is 0 Å². The maximum atomic E-state index is 12.3. The molecule has 0 radical (unpaired) electrons. The lowest BCUT2D eigenvalue weighted by Gasteiger charge is -2.31. The smallest absolute Gasteiger partial charge is 0.220 e. The average Bonchev–Trinajstić information content (AvgIpc) is 2.48. The van der Waals surface area contributed by atoms with E-state index in [0.29, 0.717) is 18.4 Å². The fraction of sp³-hybridized carbons (Fsp3) is 0.941. The monoisotopic (exact) mass is 348 g/mol. The standard InChI is InChI=1S/C17H32N2OS.ClH/c1-3-21-16-6-4-5-15(12-16)19-17(20)11-13(2)14-7-9-18-10-8-14;/h13-16,18H,3-12H2,1-2H3,(H,19,20);1H. The van der Waals surface area contributed by atoms with E-state index >= 15 is 0 Å². The summed E-state index contributed by atoms with van der Waals surface area (Å²) >= 11 is 2.06. The van der Waals surface area contributed by atoms with E-state index in [4.69, 9.17) is 0 Å². The number of piperidine rings is 1. The first-order chi connectivity index (χ1) is 10.2. The zero-order chi connectivity index (χ0) is 15.1. The van der Waals surface area contributed by atoms with Crippen LogP contribution in [0.15, 0.2) is 0 Å². The highest BCUT2D eigenvalue weighted by Crippen LogP contribution is 2.29. The van der Waals surface area contributed by atoms with Crippen LogP contribution in [0.25, 0.3) is 0 Å².